The van der Waals surface area contributed by atoms with Gasteiger partial charge in [0.25, 0.3) is 0 Å². The fourth-order valence-electron chi connectivity index (χ4n) is 7.69. The third kappa shape index (κ3) is 22.7. The molecule has 6 aromatic heterocycles. The summed E-state index contributed by atoms with van der Waals surface area (Å²) < 4.78 is 82.9. The predicted molar refractivity (Wildman–Crippen MR) is 312 cm³/mol. The third-order valence-corrected chi connectivity index (χ3v) is 12.2. The van der Waals surface area contributed by atoms with Crippen molar-refractivity contribution in [3.05, 3.63) is 265 Å². The zero-order chi connectivity index (χ0) is 61.9. The van der Waals surface area contributed by atoms with Crippen LogP contribution in [0.5, 0.6) is 0 Å². The van der Waals surface area contributed by atoms with Gasteiger partial charge in [0.15, 0.2) is 0 Å². The molecule has 0 bridgehead atoms. The summed E-state index contributed by atoms with van der Waals surface area (Å²) in [4.78, 5) is 25.2. The van der Waals surface area contributed by atoms with E-state index in [0.29, 0.717) is 22.8 Å². The van der Waals surface area contributed by atoms with Gasteiger partial charge >= 0.3 is 99.0 Å². The van der Waals surface area contributed by atoms with E-state index in [2.05, 4.69) is 119 Å². The van der Waals surface area contributed by atoms with Crippen LogP contribution in [0, 0.1) is 82.8 Å². The van der Waals surface area contributed by atoms with Gasteiger partial charge in [-0.15, -0.1) is 71.8 Å². The molecular weight excluding hydrogens is 1500 g/mol. The summed E-state index contributed by atoms with van der Waals surface area (Å²) in [5.74, 6) is -2.15. The van der Waals surface area contributed by atoms with Crippen molar-refractivity contribution in [3.63, 3.8) is 0 Å². The number of aromatic nitrogens is 6. The van der Waals surface area contributed by atoms with Crippen LogP contribution in [0.25, 0.3) is 67.5 Å². The molecule has 0 unspecified atom stereocenters. The molecule has 0 saturated heterocycles. The molecule has 18 heteroatoms. The molecule has 4 aromatic carbocycles. The van der Waals surface area contributed by atoms with Gasteiger partial charge in [-0.05, 0) is 93.7 Å². The van der Waals surface area contributed by atoms with Crippen molar-refractivity contribution in [2.24, 2.45) is 0 Å². The van der Waals surface area contributed by atoms with Crippen molar-refractivity contribution in [1.29, 1.82) is 10.5 Å². The molecule has 0 fully saturated rings. The Morgan fingerprint density at radius 3 is 0.837 bits per heavy atom. The maximum atomic E-state index is 14.4. The first kappa shape index (κ1) is 75.7. The zero-order valence-corrected chi connectivity index (χ0v) is 57.0. The normalized spacial score (nSPS) is 10.0. The van der Waals surface area contributed by atoms with E-state index >= 15 is 0 Å². The van der Waals surface area contributed by atoms with E-state index in [-0.39, 0.29) is 129 Å². The summed E-state index contributed by atoms with van der Waals surface area (Å²) in [6.45, 7) is 25.9. The Balaban J connectivity index is 0.000000392. The van der Waals surface area contributed by atoms with Gasteiger partial charge in [0, 0.05) is 71.6 Å². The Kier molecular flexibility index (Phi) is 34.6. The van der Waals surface area contributed by atoms with E-state index in [0.717, 1.165) is 56.9 Å². The summed E-state index contributed by atoms with van der Waals surface area (Å²) in [6.07, 6.45) is 9.95. The predicted octanol–water partition coefficient (Wildman–Crippen LogP) is 15.5. The maximum absolute atomic E-state index is 14.4. The second kappa shape index (κ2) is 39.4. The molecule has 8 nitrogen and oxygen atoms in total. The second-order valence-electron chi connectivity index (χ2n) is 19.2. The monoisotopic (exact) mass is 1560 g/mol. The van der Waals surface area contributed by atoms with Crippen LogP contribution in [0.3, 0.4) is 0 Å². The Hall–Kier alpha value is -6.43. The van der Waals surface area contributed by atoms with Gasteiger partial charge in [-0.25, -0.2) is 0 Å². The van der Waals surface area contributed by atoms with Crippen molar-refractivity contribution in [2.45, 2.75) is 79.1 Å². The quantitative estimate of drug-likeness (QED) is 0.0753. The van der Waals surface area contributed by atoms with Gasteiger partial charge in [0.05, 0.1) is 23.3 Å². The number of benzene rings is 4. The fraction of sp³-hybridized carbons (Fsp3) is 0.176. The SMILES string of the molecule is CC(C)c1ccnc(-c2[c-]c(-c3cc(C(C)C)ccn3)c(F)cc2F)c1.CC(C)c1ccnc(-c2[c-]c(-c3cc(C(C)C)ccn3)c(F)cc2F)c1.Fc1c[c-]c(-c2ccccn2)cc1.Fc1c[c-]c(-c2ccccn2)cc1.[C-]#N.[C-]#N.[Cl][Ir+2].[Ir+3].[K+]. The van der Waals surface area contributed by atoms with Crippen LogP contribution in [0.15, 0.2) is 171 Å². The maximum Gasteiger partial charge on any atom is 3.00 e. The summed E-state index contributed by atoms with van der Waals surface area (Å²) in [5.41, 5.74) is 9.75. The van der Waals surface area contributed by atoms with E-state index in [4.69, 9.17) is 23.7 Å². The van der Waals surface area contributed by atoms with E-state index in [1.165, 1.54) is 42.2 Å². The number of hydrogen-bond donors (Lipinski definition) is 0. The van der Waals surface area contributed by atoms with Crippen molar-refractivity contribution in [2.75, 3.05) is 0 Å². The van der Waals surface area contributed by atoms with Gasteiger partial charge in [0.1, 0.15) is 0 Å². The molecule has 436 valence electrons. The summed E-state index contributed by atoms with van der Waals surface area (Å²) in [6, 6.07) is 47.9. The largest absolute Gasteiger partial charge is 3.00 e. The molecule has 6 heterocycles. The second-order valence-corrected chi connectivity index (χ2v) is 19.2. The molecule has 10 rings (SSSR count). The van der Waals surface area contributed by atoms with Crippen LogP contribution in [0.4, 0.5) is 26.3 Å². The molecule has 0 aliphatic rings. The van der Waals surface area contributed by atoms with Gasteiger partial charge in [-0.2, -0.15) is 0 Å². The third-order valence-electron chi connectivity index (χ3n) is 12.2. The van der Waals surface area contributed by atoms with E-state index in [1.807, 2.05) is 84.9 Å². The number of hydrogen-bond acceptors (Lipinski definition) is 8. The summed E-state index contributed by atoms with van der Waals surface area (Å²) in [5, 5.41) is 12.5. The van der Waals surface area contributed by atoms with Gasteiger partial charge in [-0.1, -0.05) is 138 Å². The number of rotatable bonds is 10. The van der Waals surface area contributed by atoms with Crippen LogP contribution < -0.4 is 51.4 Å². The van der Waals surface area contributed by atoms with Crippen LogP contribution in [-0.4, -0.2) is 29.9 Å². The first-order chi connectivity index (χ1) is 40.4. The molecular formula is C68H56ClF6Ir2KN8. The van der Waals surface area contributed by atoms with E-state index < -0.39 is 23.3 Å². The fourth-order valence-corrected chi connectivity index (χ4v) is 7.69. The van der Waals surface area contributed by atoms with Crippen LogP contribution >= 0.6 is 9.58 Å². The Labute approximate surface area is 571 Å². The number of nitrogens with zero attached hydrogens (tertiary/aromatic N) is 8. The molecule has 0 radical (unpaired) electrons. The van der Waals surface area contributed by atoms with Crippen LogP contribution in [0.1, 0.15) is 101 Å². The van der Waals surface area contributed by atoms with Crippen molar-refractivity contribution in [3.8, 4) is 67.5 Å². The summed E-state index contributed by atoms with van der Waals surface area (Å²) >= 11 is 1.47. The minimum Gasteiger partial charge on any atom is 1.00 e. The molecule has 0 aliphatic heterocycles. The molecule has 86 heavy (non-hydrogen) atoms. The molecule has 10 aromatic rings. The Morgan fingerprint density at radius 2 is 0.628 bits per heavy atom. The van der Waals surface area contributed by atoms with Crippen LogP contribution in [0.2, 0.25) is 0 Å². The van der Waals surface area contributed by atoms with Crippen molar-refractivity contribution in [1.82, 2.24) is 29.9 Å². The van der Waals surface area contributed by atoms with Crippen molar-refractivity contribution < 1.29 is 116 Å². The average Bonchev–Trinajstić information content (AvgIpc) is 1.76. The molecule has 0 aliphatic carbocycles. The standard InChI is InChI=1S/2C22H21F2N2.2C11H7FN.2CN.ClH.2Ir.K/c2*1-13(2)15-5-7-25-21(9-15)17-11-18(20(24)12-19(17)23)22-10-16(14(3)4)6-8-26-22;2*12-10-6-4-9(5-7-10)11-3-1-2-8-13-11;2*1-2;;;;/h2*5-10,12-14H,1-4H3;2*1-4,6-8H;;;1H;;;/q6*-1;;2*+3;+1/p-1. The van der Waals surface area contributed by atoms with E-state index in [9.17, 15) is 26.3 Å². The summed E-state index contributed by atoms with van der Waals surface area (Å²) in [7, 11) is 4.64. The smallest absolute Gasteiger partial charge is 1.00 e. The Bertz CT molecular complexity index is 3290. The van der Waals surface area contributed by atoms with Gasteiger partial charge in [0.2, 0.25) is 0 Å². The van der Waals surface area contributed by atoms with E-state index in [1.54, 1.807) is 49.3 Å². The number of halogens is 7. The average molecular weight is 1560 g/mol. The first-order valence-electron chi connectivity index (χ1n) is 25.9. The van der Waals surface area contributed by atoms with Gasteiger partial charge < -0.3 is 33.6 Å². The van der Waals surface area contributed by atoms with Crippen molar-refractivity contribution >= 4 is 9.58 Å². The zero-order valence-electron chi connectivity index (χ0n) is 48.4. The first-order valence-corrected chi connectivity index (χ1v) is 28.8. The minimum atomic E-state index is -0.681. The molecule has 0 spiro atoms. The number of pyridine rings is 6. The molecule has 0 saturated carbocycles. The molecule has 0 atom stereocenters. The molecule has 0 amide bonds. The minimum absolute atomic E-state index is 0. The van der Waals surface area contributed by atoms with Gasteiger partial charge in [-0.3, -0.25) is 46.3 Å². The van der Waals surface area contributed by atoms with Crippen LogP contribution in [-0.2, 0) is 38.0 Å². The topological polar surface area (TPSA) is 125 Å². The Morgan fingerprint density at radius 1 is 0.372 bits per heavy atom. The molecule has 0 N–H and O–H groups in total.